The summed E-state index contributed by atoms with van der Waals surface area (Å²) in [4.78, 5) is 27.7. The van der Waals surface area contributed by atoms with Gasteiger partial charge in [-0.3, -0.25) is 9.59 Å². The zero-order chi connectivity index (χ0) is 27.9. The fourth-order valence-electron chi connectivity index (χ4n) is 4.39. The summed E-state index contributed by atoms with van der Waals surface area (Å²) in [5, 5.41) is 13.2. The Balaban J connectivity index is 1.47. The Bertz CT molecular complexity index is 1250. The van der Waals surface area contributed by atoms with E-state index < -0.39 is 18.4 Å². The standard InChI is InChI=1S/C29H35N3O6S/c1-18-25(17-39-29-30-13-14-32(29)4)37-28(38-26(18)23-9-7-22(16-33)8-10-23)24-11-5-21(6-12-24)15-31-27(35)19(2)36-20(3)34/h5-14,18-19,25-26,28,33H,15-17H2,1-4H3,(H,31,35)/t18-,19+,25+,26+,28+/m1/s1. The topological polar surface area (TPSA) is 112 Å². The largest absolute Gasteiger partial charge is 0.453 e. The Morgan fingerprint density at radius 3 is 2.38 bits per heavy atom. The van der Waals surface area contributed by atoms with Gasteiger partial charge < -0.3 is 29.2 Å². The molecule has 1 amide bonds. The van der Waals surface area contributed by atoms with Crippen molar-refractivity contribution in [1.82, 2.24) is 14.9 Å². The van der Waals surface area contributed by atoms with Crippen LogP contribution in [-0.2, 0) is 44.0 Å². The second-order valence-corrected chi connectivity index (χ2v) is 10.7. The Morgan fingerprint density at radius 2 is 1.77 bits per heavy atom. The number of aliphatic hydroxyl groups is 1. The van der Waals surface area contributed by atoms with E-state index in [2.05, 4.69) is 17.2 Å². The number of carbonyl (C=O) groups excluding carboxylic acids is 2. The van der Waals surface area contributed by atoms with Gasteiger partial charge in [0.25, 0.3) is 5.91 Å². The predicted octanol–water partition coefficient (Wildman–Crippen LogP) is 4.06. The highest BCUT2D eigenvalue weighted by molar-refractivity contribution is 7.99. The average Bonchev–Trinajstić information content (AvgIpc) is 3.35. The molecule has 9 nitrogen and oxygen atoms in total. The molecule has 5 atom stereocenters. The molecule has 0 aliphatic carbocycles. The average molecular weight is 554 g/mol. The number of aromatic nitrogens is 2. The summed E-state index contributed by atoms with van der Waals surface area (Å²) in [7, 11) is 1.97. The summed E-state index contributed by atoms with van der Waals surface area (Å²) in [5.74, 6) is -0.0713. The van der Waals surface area contributed by atoms with Gasteiger partial charge in [-0.25, -0.2) is 4.98 Å². The lowest BCUT2D eigenvalue weighted by Gasteiger charge is -2.41. The smallest absolute Gasteiger partial charge is 0.303 e. The van der Waals surface area contributed by atoms with Crippen molar-refractivity contribution in [2.24, 2.45) is 13.0 Å². The zero-order valence-corrected chi connectivity index (χ0v) is 23.4. The molecule has 1 aliphatic heterocycles. The molecule has 208 valence electrons. The molecule has 0 bridgehead atoms. The van der Waals surface area contributed by atoms with E-state index in [9.17, 15) is 14.7 Å². The third-order valence-electron chi connectivity index (χ3n) is 6.71. The number of carbonyl (C=O) groups is 2. The van der Waals surface area contributed by atoms with Crippen molar-refractivity contribution in [3.8, 4) is 0 Å². The van der Waals surface area contributed by atoms with Crippen LogP contribution in [0.2, 0.25) is 0 Å². The van der Waals surface area contributed by atoms with Gasteiger partial charge >= 0.3 is 5.97 Å². The van der Waals surface area contributed by atoms with E-state index in [1.165, 1.54) is 13.8 Å². The molecule has 2 aromatic carbocycles. The van der Waals surface area contributed by atoms with E-state index in [0.717, 1.165) is 27.4 Å². The van der Waals surface area contributed by atoms with Gasteiger partial charge in [-0.2, -0.15) is 0 Å². The third kappa shape index (κ3) is 7.48. The molecule has 10 heteroatoms. The van der Waals surface area contributed by atoms with Crippen LogP contribution in [0.15, 0.2) is 66.1 Å². The molecule has 3 aromatic rings. The lowest BCUT2D eigenvalue weighted by atomic mass is 9.91. The monoisotopic (exact) mass is 553 g/mol. The summed E-state index contributed by atoms with van der Waals surface area (Å²) in [6.07, 6.45) is 1.97. The molecule has 0 spiro atoms. The van der Waals surface area contributed by atoms with Crippen LogP contribution < -0.4 is 5.32 Å². The molecule has 1 saturated heterocycles. The number of thioether (sulfide) groups is 1. The molecule has 1 fully saturated rings. The van der Waals surface area contributed by atoms with Gasteiger partial charge in [-0.05, 0) is 23.6 Å². The van der Waals surface area contributed by atoms with Gasteiger partial charge in [0.2, 0.25) is 0 Å². The molecule has 39 heavy (non-hydrogen) atoms. The molecule has 0 radical (unpaired) electrons. The summed E-state index contributed by atoms with van der Waals surface area (Å²) >= 11 is 1.65. The van der Waals surface area contributed by atoms with Gasteiger partial charge in [0, 0.05) is 50.1 Å². The van der Waals surface area contributed by atoms with Gasteiger partial charge in [-0.1, -0.05) is 67.2 Å². The quantitative estimate of drug-likeness (QED) is 0.286. The lowest BCUT2D eigenvalue weighted by Crippen LogP contribution is -2.38. The minimum absolute atomic E-state index is 0.00844. The van der Waals surface area contributed by atoms with Crippen molar-refractivity contribution >= 4 is 23.6 Å². The highest BCUT2D eigenvalue weighted by atomic mass is 32.2. The first-order valence-corrected chi connectivity index (χ1v) is 13.9. The highest BCUT2D eigenvalue weighted by Crippen LogP contribution is 2.42. The van der Waals surface area contributed by atoms with Crippen molar-refractivity contribution in [3.63, 3.8) is 0 Å². The number of amides is 1. The molecule has 2 heterocycles. The number of imidazole rings is 1. The summed E-state index contributed by atoms with van der Waals surface area (Å²) < 4.78 is 19.9. The molecule has 1 aromatic heterocycles. The van der Waals surface area contributed by atoms with E-state index in [1.807, 2.05) is 66.3 Å². The number of ether oxygens (including phenoxy) is 3. The fraction of sp³-hybridized carbons (Fsp3) is 0.414. The number of esters is 1. The summed E-state index contributed by atoms with van der Waals surface area (Å²) in [5.41, 5.74) is 3.64. The molecule has 0 unspecified atom stereocenters. The second kappa shape index (κ2) is 13.3. The molecule has 2 N–H and O–H groups in total. The van der Waals surface area contributed by atoms with E-state index in [-0.39, 0.29) is 30.6 Å². The van der Waals surface area contributed by atoms with E-state index in [0.29, 0.717) is 12.3 Å². The molecular formula is C29H35N3O6S. The van der Waals surface area contributed by atoms with Crippen molar-refractivity contribution in [2.45, 2.75) is 63.7 Å². The number of nitrogens with zero attached hydrogens (tertiary/aromatic N) is 2. The van der Waals surface area contributed by atoms with Gasteiger partial charge in [0.05, 0.1) is 18.8 Å². The number of aliphatic hydroxyl groups excluding tert-OH is 1. The minimum atomic E-state index is -0.850. The van der Waals surface area contributed by atoms with Crippen LogP contribution in [0, 0.1) is 5.92 Å². The first-order chi connectivity index (χ1) is 18.7. The Kier molecular flexibility index (Phi) is 9.79. The van der Waals surface area contributed by atoms with Crippen LogP contribution in [-0.4, -0.2) is 44.5 Å². The van der Waals surface area contributed by atoms with Crippen LogP contribution in [0.1, 0.15) is 55.4 Å². The Hall–Kier alpha value is -3.18. The Morgan fingerprint density at radius 1 is 1.10 bits per heavy atom. The highest BCUT2D eigenvalue weighted by Gasteiger charge is 2.38. The van der Waals surface area contributed by atoms with Crippen LogP contribution in [0.25, 0.3) is 0 Å². The summed E-state index contributed by atoms with van der Waals surface area (Å²) in [6.45, 7) is 5.24. The van der Waals surface area contributed by atoms with Gasteiger partial charge in [-0.15, -0.1) is 0 Å². The van der Waals surface area contributed by atoms with E-state index in [4.69, 9.17) is 14.2 Å². The Labute approximate surface area is 232 Å². The number of hydrogen-bond donors (Lipinski definition) is 2. The molecule has 0 saturated carbocycles. The maximum Gasteiger partial charge on any atom is 0.303 e. The fourth-order valence-corrected chi connectivity index (χ4v) is 5.48. The van der Waals surface area contributed by atoms with Crippen LogP contribution in [0.3, 0.4) is 0 Å². The molecule has 4 rings (SSSR count). The maximum absolute atomic E-state index is 12.2. The van der Waals surface area contributed by atoms with Gasteiger partial charge in [0.1, 0.15) is 0 Å². The number of rotatable bonds is 10. The SMILES string of the molecule is CC(=O)O[C@@H](C)C(=O)NCc1ccc([C@H]2O[C@@H](CSc3nccn3C)[C@@H](C)[C@@H](c3ccc(CO)cc3)O2)cc1. The number of aryl methyl sites for hydroxylation is 1. The number of hydrogen-bond acceptors (Lipinski definition) is 8. The van der Waals surface area contributed by atoms with E-state index in [1.54, 1.807) is 18.0 Å². The van der Waals surface area contributed by atoms with Crippen LogP contribution in [0.4, 0.5) is 0 Å². The number of benzene rings is 2. The van der Waals surface area contributed by atoms with Crippen molar-refractivity contribution in [2.75, 3.05) is 5.75 Å². The maximum atomic E-state index is 12.2. The first-order valence-electron chi connectivity index (χ1n) is 12.9. The van der Waals surface area contributed by atoms with Crippen molar-refractivity contribution < 1.29 is 28.9 Å². The van der Waals surface area contributed by atoms with Crippen LogP contribution >= 0.6 is 11.8 Å². The molecule has 1 aliphatic rings. The minimum Gasteiger partial charge on any atom is -0.453 e. The molecular weight excluding hydrogens is 518 g/mol. The predicted molar refractivity (Wildman–Crippen MR) is 146 cm³/mol. The second-order valence-electron chi connectivity index (χ2n) is 9.66. The van der Waals surface area contributed by atoms with Crippen molar-refractivity contribution in [1.29, 1.82) is 0 Å². The van der Waals surface area contributed by atoms with Crippen LogP contribution in [0.5, 0.6) is 0 Å². The van der Waals surface area contributed by atoms with Gasteiger partial charge in [0.15, 0.2) is 17.6 Å². The lowest BCUT2D eigenvalue weighted by molar-refractivity contribution is -0.268. The third-order valence-corrected chi connectivity index (χ3v) is 7.85. The van der Waals surface area contributed by atoms with Crippen molar-refractivity contribution in [3.05, 3.63) is 83.2 Å². The first kappa shape index (κ1) is 28.8. The van der Waals surface area contributed by atoms with E-state index >= 15 is 0 Å². The normalized spacial score (nSPS) is 21.8. The summed E-state index contributed by atoms with van der Waals surface area (Å²) in [6, 6.07) is 15.5. The zero-order valence-electron chi connectivity index (χ0n) is 22.6. The number of nitrogens with one attached hydrogen (secondary N) is 1.